The molecule has 1 aliphatic carbocycles. The van der Waals surface area contributed by atoms with E-state index in [1.165, 1.54) is 28.8 Å². The average molecular weight is 553 g/mol. The van der Waals surface area contributed by atoms with Crippen molar-refractivity contribution in [3.8, 4) is 18.1 Å². The maximum Gasteiger partial charge on any atom is 0.343 e. The number of hydrogen-bond acceptors (Lipinski definition) is 5. The quantitative estimate of drug-likeness (QED) is 0.0840. The Bertz CT molecular complexity index is 1770. The van der Waals surface area contributed by atoms with Crippen molar-refractivity contribution < 1.29 is 31.5 Å². The molecule has 4 aromatic rings. The van der Waals surface area contributed by atoms with Crippen molar-refractivity contribution in [2.75, 3.05) is 11.4 Å². The van der Waals surface area contributed by atoms with Gasteiger partial charge >= 0.3 is 5.97 Å². The maximum atomic E-state index is 13.9. The SMILES string of the molecule is C#CCN(c1ccc(C(=O)Oc2c(F)c(F)c(F)c(F)c2F)cc1)[C@H]1CCc2cc3nc(C)n(C)c(=O)c3cc21. The Labute approximate surface area is 224 Å². The van der Waals surface area contributed by atoms with Crippen LogP contribution in [0.2, 0.25) is 0 Å². The lowest BCUT2D eigenvalue weighted by Gasteiger charge is -2.30. The maximum absolute atomic E-state index is 13.9. The van der Waals surface area contributed by atoms with Crippen LogP contribution in [0, 0.1) is 48.4 Å². The molecule has 0 N–H and O–H groups in total. The normalized spacial score (nSPS) is 14.2. The van der Waals surface area contributed by atoms with Gasteiger partial charge in [0.2, 0.25) is 34.8 Å². The number of halogens is 5. The Morgan fingerprint density at radius 1 is 1.07 bits per heavy atom. The van der Waals surface area contributed by atoms with Gasteiger partial charge in [-0.3, -0.25) is 9.36 Å². The number of terminal acetylenes is 1. The molecule has 0 radical (unpaired) electrons. The first kappa shape index (κ1) is 26.9. The van der Waals surface area contributed by atoms with Crippen molar-refractivity contribution in [2.24, 2.45) is 7.05 Å². The Morgan fingerprint density at radius 3 is 2.33 bits per heavy atom. The highest BCUT2D eigenvalue weighted by molar-refractivity contribution is 5.91. The molecule has 0 saturated carbocycles. The Balaban J connectivity index is 1.45. The second-order valence-electron chi connectivity index (χ2n) is 9.31. The van der Waals surface area contributed by atoms with Crippen LogP contribution in [0.3, 0.4) is 0 Å². The number of aromatic nitrogens is 2. The van der Waals surface area contributed by atoms with E-state index in [0.29, 0.717) is 28.8 Å². The van der Waals surface area contributed by atoms with E-state index in [2.05, 4.69) is 15.6 Å². The molecule has 0 saturated heterocycles. The minimum atomic E-state index is -2.36. The number of anilines is 1. The first-order chi connectivity index (χ1) is 19.0. The molecule has 0 fully saturated rings. The van der Waals surface area contributed by atoms with Crippen molar-refractivity contribution in [2.45, 2.75) is 25.8 Å². The van der Waals surface area contributed by atoms with Gasteiger partial charge in [0.1, 0.15) is 5.82 Å². The molecule has 0 bridgehead atoms. The first-order valence-corrected chi connectivity index (χ1v) is 12.1. The summed E-state index contributed by atoms with van der Waals surface area (Å²) in [5.74, 6) is -11.1. The summed E-state index contributed by atoms with van der Waals surface area (Å²) in [6, 6.07) is 9.15. The van der Waals surface area contributed by atoms with Crippen molar-refractivity contribution >= 4 is 22.6 Å². The van der Waals surface area contributed by atoms with Gasteiger partial charge in [0.05, 0.1) is 29.1 Å². The van der Waals surface area contributed by atoms with Crippen molar-refractivity contribution in [1.82, 2.24) is 9.55 Å². The van der Waals surface area contributed by atoms with Gasteiger partial charge in [0.25, 0.3) is 5.56 Å². The zero-order valence-corrected chi connectivity index (χ0v) is 21.2. The monoisotopic (exact) mass is 553 g/mol. The van der Waals surface area contributed by atoms with Crippen LogP contribution in [0.25, 0.3) is 10.9 Å². The van der Waals surface area contributed by atoms with E-state index in [0.717, 1.165) is 17.5 Å². The molecule has 6 nitrogen and oxygen atoms in total. The van der Waals surface area contributed by atoms with Crippen LogP contribution < -0.4 is 15.2 Å². The van der Waals surface area contributed by atoms with E-state index in [9.17, 15) is 31.5 Å². The second-order valence-corrected chi connectivity index (χ2v) is 9.31. The molecule has 0 spiro atoms. The molecule has 40 heavy (non-hydrogen) atoms. The van der Waals surface area contributed by atoms with Gasteiger partial charge in [-0.25, -0.2) is 22.9 Å². The molecule has 1 atom stereocenters. The third kappa shape index (κ3) is 4.35. The first-order valence-electron chi connectivity index (χ1n) is 12.1. The number of carbonyl (C=O) groups excluding carboxylic acids is 1. The topological polar surface area (TPSA) is 64.4 Å². The summed E-state index contributed by atoms with van der Waals surface area (Å²) in [6.07, 6.45) is 7.06. The number of carbonyl (C=O) groups is 1. The van der Waals surface area contributed by atoms with Crippen LogP contribution >= 0.6 is 0 Å². The number of rotatable bonds is 5. The molecule has 11 heteroatoms. The third-order valence-electron chi connectivity index (χ3n) is 7.04. The van der Waals surface area contributed by atoms with Crippen LogP contribution in [-0.2, 0) is 13.5 Å². The fraction of sp³-hybridized carbons (Fsp3) is 0.207. The summed E-state index contributed by atoms with van der Waals surface area (Å²) < 4.78 is 74.1. The minimum Gasteiger partial charge on any atom is -0.416 e. The molecule has 1 aliphatic rings. The summed E-state index contributed by atoms with van der Waals surface area (Å²) in [4.78, 5) is 31.8. The molecule has 0 amide bonds. The summed E-state index contributed by atoms with van der Waals surface area (Å²) in [5, 5.41) is 0.477. The predicted octanol–water partition coefficient (Wildman–Crippen LogP) is 5.28. The standard InChI is InChI=1S/C29H20F5N3O3/c1-4-11-37(21-10-7-16-12-20-19(13-18(16)21)28(38)36(3)14(2)35-20)17-8-5-15(6-9-17)29(39)40-27-25(33)23(31)22(30)24(32)26(27)34/h1,5-6,8-9,12-13,21H,7,10-11H2,2-3H3/t21-/m0/s1. The lowest BCUT2D eigenvalue weighted by Crippen LogP contribution is -2.28. The summed E-state index contributed by atoms with van der Waals surface area (Å²) in [6.45, 7) is 1.94. The molecule has 0 unspecified atom stereocenters. The molecule has 1 heterocycles. The van der Waals surface area contributed by atoms with E-state index < -0.39 is 40.8 Å². The molecule has 3 aromatic carbocycles. The fourth-order valence-electron chi connectivity index (χ4n) is 4.88. The van der Waals surface area contributed by atoms with Gasteiger partial charge < -0.3 is 9.64 Å². The number of ether oxygens (including phenoxy) is 1. The molecular formula is C29H20F5N3O3. The molecule has 1 aromatic heterocycles. The van der Waals surface area contributed by atoms with Gasteiger partial charge in [-0.2, -0.15) is 8.78 Å². The van der Waals surface area contributed by atoms with Gasteiger partial charge in [-0.1, -0.05) is 5.92 Å². The largest absolute Gasteiger partial charge is 0.416 e. The van der Waals surface area contributed by atoms with Crippen LogP contribution in [-0.4, -0.2) is 22.1 Å². The van der Waals surface area contributed by atoms with E-state index >= 15 is 0 Å². The van der Waals surface area contributed by atoms with E-state index in [-0.39, 0.29) is 23.7 Å². The highest BCUT2D eigenvalue weighted by Gasteiger charge is 2.31. The number of fused-ring (bicyclic) bond motifs is 2. The van der Waals surface area contributed by atoms with Crippen LogP contribution in [0.5, 0.6) is 5.75 Å². The number of benzene rings is 3. The fourth-order valence-corrected chi connectivity index (χ4v) is 4.88. The van der Waals surface area contributed by atoms with Crippen molar-refractivity contribution in [3.63, 3.8) is 0 Å². The number of aryl methyl sites for hydroxylation is 2. The van der Waals surface area contributed by atoms with Crippen LogP contribution in [0.15, 0.2) is 41.2 Å². The summed E-state index contributed by atoms with van der Waals surface area (Å²) in [5.41, 5.74) is 2.79. The predicted molar refractivity (Wildman–Crippen MR) is 137 cm³/mol. The number of nitrogens with zero attached hydrogens (tertiary/aromatic N) is 3. The van der Waals surface area contributed by atoms with Gasteiger partial charge in [0.15, 0.2) is 0 Å². The van der Waals surface area contributed by atoms with Crippen LogP contribution in [0.1, 0.15) is 39.8 Å². The van der Waals surface area contributed by atoms with Crippen LogP contribution in [0.4, 0.5) is 27.6 Å². The lowest BCUT2D eigenvalue weighted by molar-refractivity contribution is 0.0716. The summed E-state index contributed by atoms with van der Waals surface area (Å²) in [7, 11) is 1.65. The van der Waals surface area contributed by atoms with E-state index in [1.807, 2.05) is 17.0 Å². The number of esters is 1. The van der Waals surface area contributed by atoms with Gasteiger partial charge in [-0.15, -0.1) is 6.42 Å². The van der Waals surface area contributed by atoms with E-state index in [1.54, 1.807) is 14.0 Å². The highest BCUT2D eigenvalue weighted by atomic mass is 19.2. The Morgan fingerprint density at radius 2 is 1.70 bits per heavy atom. The zero-order chi connectivity index (χ0) is 28.9. The molecule has 5 rings (SSSR count). The summed E-state index contributed by atoms with van der Waals surface area (Å²) >= 11 is 0. The van der Waals surface area contributed by atoms with Gasteiger partial charge in [0, 0.05) is 12.7 Å². The van der Waals surface area contributed by atoms with Crippen molar-refractivity contribution in [3.05, 3.63) is 98.4 Å². The Kier molecular flexibility index (Phi) is 6.79. The van der Waals surface area contributed by atoms with Gasteiger partial charge in [-0.05, 0) is 67.3 Å². The molecule has 0 aliphatic heterocycles. The average Bonchev–Trinajstić information content (AvgIpc) is 3.36. The molecular weight excluding hydrogens is 533 g/mol. The number of hydrogen-bond donors (Lipinski definition) is 0. The molecule has 204 valence electrons. The highest BCUT2D eigenvalue weighted by Crippen LogP contribution is 2.39. The van der Waals surface area contributed by atoms with E-state index in [4.69, 9.17) is 6.42 Å². The smallest absolute Gasteiger partial charge is 0.343 e. The zero-order valence-electron chi connectivity index (χ0n) is 21.2. The minimum absolute atomic E-state index is 0.170. The third-order valence-corrected chi connectivity index (χ3v) is 7.04. The second kappa shape index (κ2) is 10.1. The Hall–Kier alpha value is -4.72. The van der Waals surface area contributed by atoms with Crippen molar-refractivity contribution in [1.29, 1.82) is 0 Å². The lowest BCUT2D eigenvalue weighted by atomic mass is 10.0.